The van der Waals surface area contributed by atoms with E-state index in [1.165, 1.54) is 0 Å². The van der Waals surface area contributed by atoms with Gasteiger partial charge in [-0.05, 0) is 26.3 Å². The zero-order chi connectivity index (χ0) is 13.3. The molecule has 18 heavy (non-hydrogen) atoms. The first-order chi connectivity index (χ1) is 8.49. The summed E-state index contributed by atoms with van der Waals surface area (Å²) in [7, 11) is 0. The van der Waals surface area contributed by atoms with Crippen LogP contribution in [0, 0.1) is 20.8 Å². The van der Waals surface area contributed by atoms with Crippen LogP contribution in [0.25, 0.3) is 11.6 Å². The van der Waals surface area contributed by atoms with Crippen LogP contribution in [0.2, 0.25) is 0 Å². The highest BCUT2D eigenvalue weighted by atomic mass is 16.4. The average molecular weight is 244 g/mol. The van der Waals surface area contributed by atoms with Gasteiger partial charge >= 0.3 is 5.97 Å². The van der Waals surface area contributed by atoms with E-state index in [2.05, 4.69) is 19.9 Å². The summed E-state index contributed by atoms with van der Waals surface area (Å²) in [5.41, 5.74) is 1.89. The lowest BCUT2D eigenvalue weighted by Gasteiger charge is -2.06. The normalized spacial score (nSPS) is 10.4. The SMILES string of the molecule is Cc1cnc(-c2nc(C)c(C(=O)O)c(C)n2)nc1. The van der Waals surface area contributed by atoms with Gasteiger partial charge in [-0.1, -0.05) is 0 Å². The Morgan fingerprint density at radius 3 is 1.94 bits per heavy atom. The van der Waals surface area contributed by atoms with E-state index in [9.17, 15) is 4.79 Å². The maximum atomic E-state index is 11.0. The lowest BCUT2D eigenvalue weighted by atomic mass is 10.2. The first-order valence-corrected chi connectivity index (χ1v) is 5.36. The van der Waals surface area contributed by atoms with Crippen molar-refractivity contribution >= 4 is 5.97 Å². The number of aromatic carboxylic acids is 1. The lowest BCUT2D eigenvalue weighted by Crippen LogP contribution is -2.09. The minimum absolute atomic E-state index is 0.130. The lowest BCUT2D eigenvalue weighted by molar-refractivity contribution is 0.0694. The van der Waals surface area contributed by atoms with Crippen molar-refractivity contribution in [2.24, 2.45) is 0 Å². The molecule has 0 spiro atoms. The Morgan fingerprint density at radius 1 is 1.00 bits per heavy atom. The smallest absolute Gasteiger partial charge is 0.339 e. The molecule has 0 aliphatic heterocycles. The molecular weight excluding hydrogens is 232 g/mol. The largest absolute Gasteiger partial charge is 0.478 e. The van der Waals surface area contributed by atoms with Gasteiger partial charge in [-0.3, -0.25) is 0 Å². The number of hydrogen-bond donors (Lipinski definition) is 1. The molecule has 0 aromatic carbocycles. The van der Waals surface area contributed by atoms with Crippen LogP contribution in [0.4, 0.5) is 0 Å². The molecule has 6 heteroatoms. The molecule has 0 saturated heterocycles. The average Bonchev–Trinajstić information content (AvgIpc) is 2.28. The molecule has 0 unspecified atom stereocenters. The first kappa shape index (κ1) is 12.1. The molecule has 0 aliphatic carbocycles. The summed E-state index contributed by atoms with van der Waals surface area (Å²) in [6.07, 6.45) is 3.34. The fourth-order valence-corrected chi connectivity index (χ4v) is 1.63. The van der Waals surface area contributed by atoms with Crippen molar-refractivity contribution in [1.29, 1.82) is 0 Å². The third kappa shape index (κ3) is 2.17. The number of nitrogens with zero attached hydrogens (tertiary/aromatic N) is 4. The Hall–Kier alpha value is -2.37. The molecule has 6 nitrogen and oxygen atoms in total. The predicted molar refractivity (Wildman–Crippen MR) is 64.2 cm³/mol. The molecule has 2 aromatic heterocycles. The van der Waals surface area contributed by atoms with Crippen molar-refractivity contribution in [3.63, 3.8) is 0 Å². The molecule has 2 heterocycles. The van der Waals surface area contributed by atoms with Gasteiger partial charge in [-0.15, -0.1) is 0 Å². The van der Waals surface area contributed by atoms with Crippen LogP contribution in [0.1, 0.15) is 27.3 Å². The van der Waals surface area contributed by atoms with Crippen LogP contribution in [0.15, 0.2) is 12.4 Å². The van der Waals surface area contributed by atoms with Crippen LogP contribution in [-0.2, 0) is 0 Å². The Morgan fingerprint density at radius 2 is 1.50 bits per heavy atom. The molecule has 0 bridgehead atoms. The van der Waals surface area contributed by atoms with Crippen molar-refractivity contribution < 1.29 is 9.90 Å². The molecule has 2 aromatic rings. The van der Waals surface area contributed by atoms with Crippen molar-refractivity contribution in [2.75, 3.05) is 0 Å². The van der Waals surface area contributed by atoms with Crippen LogP contribution in [0.5, 0.6) is 0 Å². The van der Waals surface area contributed by atoms with E-state index in [0.717, 1.165) is 5.56 Å². The molecule has 0 aliphatic rings. The van der Waals surface area contributed by atoms with E-state index in [4.69, 9.17) is 5.11 Å². The van der Waals surface area contributed by atoms with E-state index in [-0.39, 0.29) is 5.56 Å². The number of aromatic nitrogens is 4. The third-order valence-corrected chi connectivity index (χ3v) is 2.47. The van der Waals surface area contributed by atoms with E-state index in [1.54, 1.807) is 26.2 Å². The fourth-order valence-electron chi connectivity index (χ4n) is 1.63. The maximum absolute atomic E-state index is 11.0. The molecule has 0 saturated carbocycles. The Balaban J connectivity index is 2.54. The highest BCUT2D eigenvalue weighted by Gasteiger charge is 2.16. The van der Waals surface area contributed by atoms with Crippen molar-refractivity contribution in [1.82, 2.24) is 19.9 Å². The molecule has 1 N–H and O–H groups in total. The Kier molecular flexibility index (Phi) is 3.01. The zero-order valence-electron chi connectivity index (χ0n) is 10.3. The van der Waals surface area contributed by atoms with Crippen LogP contribution in [-0.4, -0.2) is 31.0 Å². The minimum Gasteiger partial charge on any atom is -0.478 e. The topological polar surface area (TPSA) is 88.9 Å². The number of aryl methyl sites for hydroxylation is 3. The molecule has 0 atom stereocenters. The molecule has 0 radical (unpaired) electrons. The van der Waals surface area contributed by atoms with Gasteiger partial charge in [-0.2, -0.15) is 0 Å². The summed E-state index contributed by atoms with van der Waals surface area (Å²) in [5, 5.41) is 9.03. The minimum atomic E-state index is -1.03. The summed E-state index contributed by atoms with van der Waals surface area (Å²) in [6, 6.07) is 0. The van der Waals surface area contributed by atoms with Crippen LogP contribution >= 0.6 is 0 Å². The van der Waals surface area contributed by atoms with Crippen LogP contribution < -0.4 is 0 Å². The van der Waals surface area contributed by atoms with Gasteiger partial charge in [-0.25, -0.2) is 24.7 Å². The quantitative estimate of drug-likeness (QED) is 0.862. The second kappa shape index (κ2) is 4.48. The third-order valence-electron chi connectivity index (χ3n) is 2.47. The van der Waals surface area contributed by atoms with E-state index in [1.807, 2.05) is 6.92 Å². The zero-order valence-corrected chi connectivity index (χ0v) is 10.3. The summed E-state index contributed by atoms with van der Waals surface area (Å²) in [5.74, 6) is -0.292. The van der Waals surface area contributed by atoms with Gasteiger partial charge < -0.3 is 5.11 Å². The van der Waals surface area contributed by atoms with Gasteiger partial charge in [0, 0.05) is 12.4 Å². The van der Waals surface area contributed by atoms with Crippen molar-refractivity contribution in [2.45, 2.75) is 20.8 Å². The second-order valence-electron chi connectivity index (χ2n) is 3.98. The number of carboxylic acid groups (broad SMARTS) is 1. The highest BCUT2D eigenvalue weighted by Crippen LogP contribution is 2.15. The number of hydrogen-bond acceptors (Lipinski definition) is 5. The molecule has 2 rings (SSSR count). The maximum Gasteiger partial charge on any atom is 0.339 e. The first-order valence-electron chi connectivity index (χ1n) is 5.36. The van der Waals surface area contributed by atoms with Crippen molar-refractivity contribution in [3.8, 4) is 11.6 Å². The van der Waals surface area contributed by atoms with Crippen LogP contribution in [0.3, 0.4) is 0 Å². The summed E-state index contributed by atoms with van der Waals surface area (Å²) < 4.78 is 0. The number of carbonyl (C=O) groups is 1. The highest BCUT2D eigenvalue weighted by molar-refractivity contribution is 5.90. The predicted octanol–water partition coefficient (Wildman–Crippen LogP) is 1.56. The van der Waals surface area contributed by atoms with Crippen molar-refractivity contribution in [3.05, 3.63) is 34.9 Å². The molecule has 92 valence electrons. The summed E-state index contributed by atoms with van der Waals surface area (Å²) in [6.45, 7) is 5.15. The van der Waals surface area contributed by atoms with Gasteiger partial charge in [0.1, 0.15) is 5.56 Å². The Labute approximate surface area is 104 Å². The second-order valence-corrected chi connectivity index (χ2v) is 3.98. The summed E-state index contributed by atoms with van der Waals surface area (Å²) >= 11 is 0. The monoisotopic (exact) mass is 244 g/mol. The molecular formula is C12H12N4O2. The Bertz CT molecular complexity index is 585. The van der Waals surface area contributed by atoms with Gasteiger partial charge in [0.15, 0.2) is 11.6 Å². The molecule has 0 fully saturated rings. The van der Waals surface area contributed by atoms with Gasteiger partial charge in [0.25, 0.3) is 0 Å². The van der Waals surface area contributed by atoms with Gasteiger partial charge in [0.05, 0.1) is 11.4 Å². The van der Waals surface area contributed by atoms with Gasteiger partial charge in [0.2, 0.25) is 0 Å². The number of rotatable bonds is 2. The van der Waals surface area contributed by atoms with E-state index < -0.39 is 5.97 Å². The number of carboxylic acids is 1. The fraction of sp³-hybridized carbons (Fsp3) is 0.250. The standard InChI is InChI=1S/C12H12N4O2/c1-6-4-13-10(14-5-6)11-15-7(2)9(12(17)18)8(3)16-11/h4-5H,1-3H3,(H,17,18). The summed E-state index contributed by atoms with van der Waals surface area (Å²) in [4.78, 5) is 27.5. The molecule has 0 amide bonds. The van der Waals surface area contributed by atoms with E-state index >= 15 is 0 Å². The van der Waals surface area contributed by atoms with E-state index in [0.29, 0.717) is 23.0 Å².